The minimum atomic E-state index is -4.49. The summed E-state index contributed by atoms with van der Waals surface area (Å²) < 4.78 is 67.2. The Morgan fingerprint density at radius 1 is 1.03 bits per heavy atom. The number of nitrogens with one attached hydrogen (secondary N) is 1. The van der Waals surface area contributed by atoms with E-state index >= 15 is 0 Å². The van der Waals surface area contributed by atoms with Crippen molar-refractivity contribution in [1.82, 2.24) is 9.79 Å². The summed E-state index contributed by atoms with van der Waals surface area (Å²) in [6.07, 6.45) is -2.91. The van der Waals surface area contributed by atoms with Crippen molar-refractivity contribution in [1.29, 1.82) is 0 Å². The van der Waals surface area contributed by atoms with Gasteiger partial charge in [-0.3, -0.25) is 10.0 Å². The van der Waals surface area contributed by atoms with E-state index in [1.807, 2.05) is 6.07 Å². The summed E-state index contributed by atoms with van der Waals surface area (Å²) in [5.41, 5.74) is 3.23. The molecular formula is C23H21F3N2O4S2. The first-order valence-electron chi connectivity index (χ1n) is 10.4. The molecular weight excluding hydrogens is 489 g/mol. The van der Waals surface area contributed by atoms with Crippen molar-refractivity contribution in [2.24, 2.45) is 0 Å². The van der Waals surface area contributed by atoms with Crippen molar-refractivity contribution in [3.8, 4) is 10.4 Å². The van der Waals surface area contributed by atoms with Crippen molar-refractivity contribution in [3.05, 3.63) is 76.2 Å². The molecule has 34 heavy (non-hydrogen) atoms. The molecule has 0 atom stereocenters. The van der Waals surface area contributed by atoms with Gasteiger partial charge in [0.2, 0.25) is 10.0 Å². The molecule has 1 aliphatic rings. The quantitative estimate of drug-likeness (QED) is 0.392. The van der Waals surface area contributed by atoms with Crippen molar-refractivity contribution < 1.29 is 31.6 Å². The predicted octanol–water partition coefficient (Wildman–Crippen LogP) is 4.73. The standard InChI is InChI=1S/C23H21F3N2O4S2/c24-23(25,26)19-5-1-3-17(12-19)21-13-20(14-33-21)34(31,32)28-9-2-4-15-6-7-18(22(29)27-30)11-16(15)8-10-28/h1,3,5-7,11-14,30H,2,4,8-10H2,(H,27,29). The topological polar surface area (TPSA) is 86.7 Å². The number of fused-ring (bicyclic) bond motifs is 1. The molecule has 1 aromatic heterocycles. The van der Waals surface area contributed by atoms with Crippen LogP contribution in [-0.4, -0.2) is 36.9 Å². The van der Waals surface area contributed by atoms with Gasteiger partial charge in [-0.05, 0) is 66.3 Å². The molecule has 0 bridgehead atoms. The fraction of sp³-hybridized carbons (Fsp3) is 0.261. The smallest absolute Gasteiger partial charge is 0.288 e. The zero-order chi connectivity index (χ0) is 24.5. The lowest BCUT2D eigenvalue weighted by Gasteiger charge is -2.25. The minimum Gasteiger partial charge on any atom is -0.288 e. The Bertz CT molecular complexity index is 1320. The molecule has 0 aliphatic carbocycles. The molecule has 0 unspecified atom stereocenters. The molecule has 2 heterocycles. The Hall–Kier alpha value is -2.73. The van der Waals surface area contributed by atoms with Gasteiger partial charge >= 0.3 is 6.18 Å². The van der Waals surface area contributed by atoms with Gasteiger partial charge < -0.3 is 0 Å². The highest BCUT2D eigenvalue weighted by molar-refractivity contribution is 7.89. The zero-order valence-corrected chi connectivity index (χ0v) is 19.4. The largest absolute Gasteiger partial charge is 0.416 e. The Balaban J connectivity index is 1.57. The molecule has 180 valence electrons. The van der Waals surface area contributed by atoms with Gasteiger partial charge in [0, 0.05) is 28.9 Å². The fourth-order valence-electron chi connectivity index (χ4n) is 3.95. The van der Waals surface area contributed by atoms with Crippen LogP contribution < -0.4 is 5.48 Å². The molecule has 2 aromatic carbocycles. The summed E-state index contributed by atoms with van der Waals surface area (Å²) in [7, 11) is -3.86. The average Bonchev–Trinajstić information content (AvgIpc) is 3.30. The van der Waals surface area contributed by atoms with E-state index in [9.17, 15) is 26.4 Å². The van der Waals surface area contributed by atoms with E-state index in [0.717, 1.165) is 34.6 Å². The Morgan fingerprint density at radius 3 is 2.56 bits per heavy atom. The van der Waals surface area contributed by atoms with Gasteiger partial charge in [0.25, 0.3) is 5.91 Å². The van der Waals surface area contributed by atoms with E-state index in [1.54, 1.807) is 17.6 Å². The number of nitrogens with zero attached hydrogens (tertiary/aromatic N) is 1. The second-order valence-electron chi connectivity index (χ2n) is 7.91. The zero-order valence-electron chi connectivity index (χ0n) is 17.8. The number of hydrogen-bond acceptors (Lipinski definition) is 5. The van der Waals surface area contributed by atoms with Crippen molar-refractivity contribution in [2.75, 3.05) is 13.1 Å². The number of carbonyl (C=O) groups is 1. The first kappa shape index (κ1) is 24.4. The van der Waals surface area contributed by atoms with E-state index in [2.05, 4.69) is 0 Å². The van der Waals surface area contributed by atoms with Crippen LogP contribution >= 0.6 is 11.3 Å². The van der Waals surface area contributed by atoms with Crippen LogP contribution in [-0.2, 0) is 29.0 Å². The van der Waals surface area contributed by atoms with E-state index in [-0.39, 0.29) is 17.0 Å². The van der Waals surface area contributed by atoms with E-state index in [0.29, 0.717) is 36.2 Å². The lowest BCUT2D eigenvalue weighted by atomic mass is 9.96. The normalized spacial score (nSPS) is 15.3. The average molecular weight is 511 g/mol. The maximum Gasteiger partial charge on any atom is 0.416 e. The summed E-state index contributed by atoms with van der Waals surface area (Å²) in [4.78, 5) is 12.2. The second-order valence-corrected chi connectivity index (χ2v) is 10.8. The van der Waals surface area contributed by atoms with Crippen LogP contribution in [0, 0.1) is 0 Å². The predicted molar refractivity (Wildman–Crippen MR) is 121 cm³/mol. The number of halogens is 3. The van der Waals surface area contributed by atoms with Crippen LogP contribution in [0.1, 0.15) is 33.5 Å². The van der Waals surface area contributed by atoms with E-state index in [4.69, 9.17) is 5.21 Å². The third-order valence-corrected chi connectivity index (χ3v) is 8.75. The van der Waals surface area contributed by atoms with Gasteiger partial charge in [-0.15, -0.1) is 11.3 Å². The number of hydroxylamine groups is 1. The highest BCUT2D eigenvalue weighted by atomic mass is 32.2. The highest BCUT2D eigenvalue weighted by Crippen LogP contribution is 2.35. The molecule has 2 N–H and O–H groups in total. The van der Waals surface area contributed by atoms with Gasteiger partial charge in [-0.2, -0.15) is 17.5 Å². The number of hydrogen-bond donors (Lipinski definition) is 2. The van der Waals surface area contributed by atoms with E-state index in [1.165, 1.54) is 27.9 Å². The Morgan fingerprint density at radius 2 is 1.82 bits per heavy atom. The molecule has 0 radical (unpaired) electrons. The van der Waals surface area contributed by atoms with Crippen LogP contribution in [0.15, 0.2) is 58.8 Å². The third-order valence-electron chi connectivity index (χ3n) is 5.74. The molecule has 0 spiro atoms. The second kappa shape index (κ2) is 9.49. The molecule has 1 aliphatic heterocycles. The van der Waals surface area contributed by atoms with Crippen LogP contribution in [0.25, 0.3) is 10.4 Å². The van der Waals surface area contributed by atoms with E-state index < -0.39 is 27.7 Å². The van der Waals surface area contributed by atoms with Crippen LogP contribution in [0.3, 0.4) is 0 Å². The molecule has 0 fully saturated rings. The van der Waals surface area contributed by atoms with Gasteiger partial charge in [0.05, 0.1) is 10.5 Å². The monoisotopic (exact) mass is 510 g/mol. The maximum atomic E-state index is 13.3. The fourth-order valence-corrected chi connectivity index (χ4v) is 6.70. The lowest BCUT2D eigenvalue weighted by Crippen LogP contribution is -2.35. The summed E-state index contributed by atoms with van der Waals surface area (Å²) in [5, 5.41) is 10.3. The molecule has 0 saturated heterocycles. The number of alkyl halides is 3. The number of amides is 1. The highest BCUT2D eigenvalue weighted by Gasteiger charge is 2.31. The first-order chi connectivity index (χ1) is 16.1. The van der Waals surface area contributed by atoms with Gasteiger partial charge in [0.15, 0.2) is 0 Å². The molecule has 1 amide bonds. The summed E-state index contributed by atoms with van der Waals surface area (Å²) >= 11 is 1.08. The lowest BCUT2D eigenvalue weighted by molar-refractivity contribution is -0.137. The van der Waals surface area contributed by atoms with Crippen molar-refractivity contribution in [3.63, 3.8) is 0 Å². The summed E-state index contributed by atoms with van der Waals surface area (Å²) in [6.45, 7) is 0.490. The molecule has 11 heteroatoms. The first-order valence-corrected chi connectivity index (χ1v) is 12.7. The van der Waals surface area contributed by atoms with Crippen molar-refractivity contribution >= 4 is 27.3 Å². The third kappa shape index (κ3) is 5.02. The number of thiophene rings is 1. The summed E-state index contributed by atoms with van der Waals surface area (Å²) in [5.74, 6) is -0.644. The molecule has 3 aromatic rings. The van der Waals surface area contributed by atoms with Crippen LogP contribution in [0.4, 0.5) is 13.2 Å². The molecule has 4 rings (SSSR count). The van der Waals surface area contributed by atoms with Gasteiger partial charge in [-0.1, -0.05) is 18.2 Å². The van der Waals surface area contributed by atoms with Crippen LogP contribution in [0.5, 0.6) is 0 Å². The van der Waals surface area contributed by atoms with Gasteiger partial charge in [0.1, 0.15) is 0 Å². The molecule has 0 saturated carbocycles. The number of aryl methyl sites for hydroxylation is 1. The van der Waals surface area contributed by atoms with Crippen LogP contribution in [0.2, 0.25) is 0 Å². The minimum absolute atomic E-state index is 0.0408. The number of benzene rings is 2. The Kier molecular flexibility index (Phi) is 6.81. The maximum absolute atomic E-state index is 13.3. The number of sulfonamides is 1. The Labute approximate surface area is 198 Å². The van der Waals surface area contributed by atoms with Gasteiger partial charge in [-0.25, -0.2) is 13.9 Å². The van der Waals surface area contributed by atoms with Crippen molar-refractivity contribution in [2.45, 2.75) is 30.3 Å². The number of rotatable bonds is 4. The molecule has 6 nitrogen and oxygen atoms in total. The summed E-state index contributed by atoms with van der Waals surface area (Å²) in [6, 6.07) is 11.3. The number of carbonyl (C=O) groups excluding carboxylic acids is 1. The SMILES string of the molecule is O=C(NO)c1ccc2c(c1)CCN(S(=O)(=O)c1csc(-c3cccc(C(F)(F)F)c3)c1)CCC2.